The average Bonchev–Trinajstić information content (AvgIpc) is 3.14. The van der Waals surface area contributed by atoms with E-state index >= 15 is 0 Å². The minimum atomic E-state index is -0.273. The number of aromatic nitrogens is 1. The third-order valence-electron chi connectivity index (χ3n) is 4.67. The first-order valence-corrected chi connectivity index (χ1v) is 9.94. The van der Waals surface area contributed by atoms with E-state index in [1.807, 2.05) is 24.3 Å². The van der Waals surface area contributed by atoms with Crippen molar-refractivity contribution in [3.63, 3.8) is 0 Å². The quantitative estimate of drug-likeness (QED) is 0.774. The summed E-state index contributed by atoms with van der Waals surface area (Å²) in [6.07, 6.45) is 1.36. The monoisotopic (exact) mass is 400 g/mol. The maximum atomic E-state index is 12.7. The third kappa shape index (κ3) is 5.73. The van der Waals surface area contributed by atoms with Gasteiger partial charge < -0.3 is 24.8 Å². The number of rotatable bonds is 6. The molecule has 2 heterocycles. The molecule has 0 radical (unpaired) electrons. The minimum Gasteiger partial charge on any atom is -0.491 e. The van der Waals surface area contributed by atoms with Crippen molar-refractivity contribution in [2.24, 2.45) is 5.92 Å². The van der Waals surface area contributed by atoms with Gasteiger partial charge in [0.15, 0.2) is 0 Å². The molecule has 0 saturated carbocycles. The Hall–Kier alpha value is -3.03. The summed E-state index contributed by atoms with van der Waals surface area (Å²) < 4.78 is 10.8. The third-order valence-corrected chi connectivity index (χ3v) is 4.67. The van der Waals surface area contributed by atoms with Crippen molar-refractivity contribution in [1.29, 1.82) is 0 Å². The van der Waals surface area contributed by atoms with Crippen molar-refractivity contribution in [3.05, 3.63) is 41.8 Å². The highest BCUT2D eigenvalue weighted by Crippen LogP contribution is 2.25. The van der Waals surface area contributed by atoms with Gasteiger partial charge in [-0.15, -0.1) is 0 Å². The summed E-state index contributed by atoms with van der Waals surface area (Å²) >= 11 is 0. The summed E-state index contributed by atoms with van der Waals surface area (Å²) in [4.78, 5) is 26.6. The molecule has 0 spiro atoms. The molecule has 1 aliphatic rings. The highest BCUT2D eigenvalue weighted by atomic mass is 16.5. The van der Waals surface area contributed by atoms with Crippen LogP contribution in [-0.2, 0) is 0 Å². The van der Waals surface area contributed by atoms with E-state index in [2.05, 4.69) is 29.6 Å². The van der Waals surface area contributed by atoms with Crippen molar-refractivity contribution in [1.82, 2.24) is 15.4 Å². The topological polar surface area (TPSA) is 96.7 Å². The molecule has 29 heavy (non-hydrogen) atoms. The number of likely N-dealkylation sites (tertiary alicyclic amines) is 1. The molecule has 2 N–H and O–H groups in total. The number of ether oxygens (including phenoxy) is 1. The van der Waals surface area contributed by atoms with Crippen LogP contribution in [0.4, 0.5) is 10.5 Å². The second-order valence-electron chi connectivity index (χ2n) is 7.70. The number of urea groups is 1. The van der Waals surface area contributed by atoms with Crippen LogP contribution in [0.25, 0.3) is 0 Å². The van der Waals surface area contributed by atoms with Crippen molar-refractivity contribution in [2.45, 2.75) is 39.7 Å². The number of aryl methyl sites for hydroxylation is 1. The molecule has 1 fully saturated rings. The number of anilines is 1. The lowest BCUT2D eigenvalue weighted by Crippen LogP contribution is -2.47. The lowest BCUT2D eigenvalue weighted by Gasteiger charge is -2.32. The van der Waals surface area contributed by atoms with Gasteiger partial charge in [-0.3, -0.25) is 4.79 Å². The van der Waals surface area contributed by atoms with Crippen molar-refractivity contribution in [3.8, 4) is 5.75 Å². The van der Waals surface area contributed by atoms with Crippen LogP contribution >= 0.6 is 0 Å². The average molecular weight is 400 g/mol. The number of para-hydroxylation sites is 2. The summed E-state index contributed by atoms with van der Waals surface area (Å²) in [5.41, 5.74) is 1.33. The van der Waals surface area contributed by atoms with Crippen LogP contribution in [0.1, 0.15) is 42.9 Å². The van der Waals surface area contributed by atoms with Gasteiger partial charge in [-0.25, -0.2) is 4.79 Å². The van der Waals surface area contributed by atoms with Crippen LogP contribution < -0.4 is 15.4 Å². The van der Waals surface area contributed by atoms with E-state index in [-0.39, 0.29) is 23.7 Å². The predicted molar refractivity (Wildman–Crippen MR) is 109 cm³/mol. The molecule has 0 atom stereocenters. The fourth-order valence-corrected chi connectivity index (χ4v) is 3.10. The zero-order valence-electron chi connectivity index (χ0n) is 17.1. The van der Waals surface area contributed by atoms with Gasteiger partial charge in [0.1, 0.15) is 5.75 Å². The Morgan fingerprint density at radius 1 is 1.28 bits per heavy atom. The summed E-state index contributed by atoms with van der Waals surface area (Å²) in [5, 5.41) is 9.61. The molecule has 1 saturated heterocycles. The zero-order chi connectivity index (χ0) is 20.8. The molecule has 8 heteroatoms. The van der Waals surface area contributed by atoms with Crippen molar-refractivity contribution in [2.75, 3.05) is 25.0 Å². The van der Waals surface area contributed by atoms with Crippen LogP contribution in [0.2, 0.25) is 0 Å². The lowest BCUT2D eigenvalue weighted by atomic mass is 10.1. The Labute approximate surface area is 170 Å². The molecule has 3 rings (SSSR count). The molecule has 2 aromatic rings. The van der Waals surface area contributed by atoms with E-state index < -0.39 is 0 Å². The molecule has 156 valence electrons. The van der Waals surface area contributed by atoms with E-state index in [0.29, 0.717) is 55.6 Å². The highest BCUT2D eigenvalue weighted by Gasteiger charge is 2.25. The van der Waals surface area contributed by atoms with Gasteiger partial charge >= 0.3 is 6.03 Å². The highest BCUT2D eigenvalue weighted by molar-refractivity contribution is 5.92. The predicted octanol–water partition coefficient (Wildman–Crippen LogP) is 3.44. The number of nitrogens with one attached hydrogen (secondary N) is 2. The van der Waals surface area contributed by atoms with Crippen LogP contribution in [0.5, 0.6) is 5.75 Å². The maximum absolute atomic E-state index is 12.7. The van der Waals surface area contributed by atoms with Crippen LogP contribution in [-0.4, -0.2) is 47.7 Å². The number of hydrogen-bond acceptors (Lipinski definition) is 5. The van der Waals surface area contributed by atoms with E-state index in [4.69, 9.17) is 9.26 Å². The first-order chi connectivity index (χ1) is 13.9. The molecule has 0 aliphatic carbocycles. The molecule has 0 unspecified atom stereocenters. The van der Waals surface area contributed by atoms with Gasteiger partial charge in [0.25, 0.3) is 5.91 Å². The fraction of sp³-hybridized carbons (Fsp3) is 0.476. The lowest BCUT2D eigenvalue weighted by molar-refractivity contribution is 0.0882. The maximum Gasteiger partial charge on any atom is 0.321 e. The van der Waals surface area contributed by atoms with E-state index in [1.54, 1.807) is 17.9 Å². The molecule has 1 aromatic carbocycles. The summed E-state index contributed by atoms with van der Waals surface area (Å²) in [6.45, 7) is 7.62. The van der Waals surface area contributed by atoms with Crippen molar-refractivity contribution >= 4 is 17.6 Å². The Balaban J connectivity index is 1.50. The fourth-order valence-electron chi connectivity index (χ4n) is 3.10. The summed E-state index contributed by atoms with van der Waals surface area (Å²) in [5.74, 6) is 0.998. The zero-order valence-corrected chi connectivity index (χ0v) is 17.1. The van der Waals surface area contributed by atoms with E-state index in [1.165, 1.54) is 0 Å². The van der Waals surface area contributed by atoms with Gasteiger partial charge in [0.05, 0.1) is 18.0 Å². The number of piperidine rings is 1. The van der Waals surface area contributed by atoms with Crippen molar-refractivity contribution < 1.29 is 18.8 Å². The first kappa shape index (κ1) is 20.7. The molecule has 3 amide bonds. The Morgan fingerprint density at radius 2 is 2.00 bits per heavy atom. The summed E-state index contributed by atoms with van der Waals surface area (Å²) in [6, 6.07) is 8.88. The SMILES string of the molecule is Cc1cc(C(=O)NC2CCN(C(=O)Nc3ccccc3OCC(C)C)CC2)on1. The smallest absolute Gasteiger partial charge is 0.321 e. The van der Waals surface area contributed by atoms with Gasteiger partial charge in [0.2, 0.25) is 5.76 Å². The van der Waals surface area contributed by atoms with Gasteiger partial charge in [-0.2, -0.15) is 0 Å². The van der Waals surface area contributed by atoms with Gasteiger partial charge in [-0.1, -0.05) is 31.1 Å². The molecule has 1 aromatic heterocycles. The second kappa shape index (κ2) is 9.45. The molecular formula is C21H28N4O4. The van der Waals surface area contributed by atoms with Crippen LogP contribution in [0, 0.1) is 12.8 Å². The number of hydrogen-bond donors (Lipinski definition) is 2. The minimum absolute atomic E-state index is 0.00128. The van der Waals surface area contributed by atoms with Gasteiger partial charge in [-0.05, 0) is 37.8 Å². The standard InChI is InChI=1S/C21H28N4O4/c1-14(2)13-28-18-7-5-4-6-17(18)23-21(27)25-10-8-16(9-11-25)22-20(26)19-12-15(3)24-29-19/h4-7,12,14,16H,8-11,13H2,1-3H3,(H,22,26)(H,23,27). The van der Waals surface area contributed by atoms with Crippen LogP contribution in [0.15, 0.2) is 34.9 Å². The Morgan fingerprint density at radius 3 is 2.66 bits per heavy atom. The molecular weight excluding hydrogens is 372 g/mol. The molecule has 8 nitrogen and oxygen atoms in total. The second-order valence-corrected chi connectivity index (χ2v) is 7.70. The first-order valence-electron chi connectivity index (χ1n) is 9.94. The van der Waals surface area contributed by atoms with E-state index in [9.17, 15) is 9.59 Å². The summed E-state index contributed by atoms with van der Waals surface area (Å²) in [7, 11) is 0. The van der Waals surface area contributed by atoms with Gasteiger partial charge in [0, 0.05) is 25.2 Å². The number of nitrogens with zero attached hydrogens (tertiary/aromatic N) is 2. The normalized spacial score (nSPS) is 14.7. The molecule has 1 aliphatic heterocycles. The van der Waals surface area contributed by atoms with Crippen LogP contribution in [0.3, 0.4) is 0 Å². The Kier molecular flexibility index (Phi) is 6.74. The number of carbonyl (C=O) groups excluding carboxylic acids is 2. The number of benzene rings is 1. The number of carbonyl (C=O) groups is 2. The molecule has 0 bridgehead atoms. The number of amides is 3. The van der Waals surface area contributed by atoms with E-state index in [0.717, 1.165) is 0 Å². The largest absolute Gasteiger partial charge is 0.491 e. The Bertz CT molecular complexity index is 841.